The maximum atomic E-state index is 11.2. The summed E-state index contributed by atoms with van der Waals surface area (Å²) < 4.78 is 5.12. The van der Waals surface area contributed by atoms with Crippen molar-refractivity contribution >= 4 is 18.6 Å². The number of ether oxygens (including phenoxy) is 1. The Balaban J connectivity index is 2.15. The molecular formula is C10H19NO2S. The number of carbonyl (C=O) groups excluding carboxylic acids is 1. The predicted octanol–water partition coefficient (Wildman–Crippen LogP) is 1.37. The van der Waals surface area contributed by atoms with E-state index in [9.17, 15) is 4.79 Å². The van der Waals surface area contributed by atoms with Gasteiger partial charge in [0.2, 0.25) is 0 Å². The number of hydrogen-bond donors (Lipinski definition) is 2. The molecule has 0 aromatic carbocycles. The van der Waals surface area contributed by atoms with Crippen LogP contribution in [0.15, 0.2) is 0 Å². The van der Waals surface area contributed by atoms with Gasteiger partial charge in [-0.25, -0.2) is 0 Å². The molecule has 0 aromatic heterocycles. The monoisotopic (exact) mass is 217 g/mol. The van der Waals surface area contributed by atoms with E-state index in [1.54, 1.807) is 0 Å². The van der Waals surface area contributed by atoms with E-state index in [-0.39, 0.29) is 5.97 Å². The van der Waals surface area contributed by atoms with Gasteiger partial charge in [-0.05, 0) is 18.8 Å². The molecule has 0 spiro atoms. The van der Waals surface area contributed by atoms with Crippen molar-refractivity contribution in [2.75, 3.05) is 12.4 Å². The minimum atomic E-state index is -0.568. The molecular weight excluding hydrogens is 198 g/mol. The summed E-state index contributed by atoms with van der Waals surface area (Å²) in [6.07, 6.45) is 6.22. The Labute approximate surface area is 90.8 Å². The van der Waals surface area contributed by atoms with Crippen molar-refractivity contribution in [1.82, 2.24) is 0 Å². The van der Waals surface area contributed by atoms with Crippen LogP contribution in [-0.2, 0) is 9.53 Å². The largest absolute Gasteiger partial charge is 0.464 e. The van der Waals surface area contributed by atoms with Crippen molar-refractivity contribution in [1.29, 1.82) is 0 Å². The summed E-state index contributed by atoms with van der Waals surface area (Å²) in [4.78, 5) is 11.2. The molecule has 1 aliphatic carbocycles. The number of rotatable bonds is 4. The molecule has 0 aromatic rings. The molecule has 0 radical (unpaired) electrons. The predicted molar refractivity (Wildman–Crippen MR) is 59.4 cm³/mol. The Morgan fingerprint density at radius 1 is 1.43 bits per heavy atom. The lowest BCUT2D eigenvalue weighted by Crippen LogP contribution is -2.35. The zero-order valence-corrected chi connectivity index (χ0v) is 9.34. The van der Waals surface area contributed by atoms with Crippen molar-refractivity contribution in [3.8, 4) is 0 Å². The number of carbonyl (C=O) groups is 1. The van der Waals surface area contributed by atoms with Crippen LogP contribution in [0.5, 0.6) is 0 Å². The summed E-state index contributed by atoms with van der Waals surface area (Å²) in [5, 5.41) is 0. The average Bonchev–Trinajstić information content (AvgIpc) is 2.26. The molecule has 0 bridgehead atoms. The van der Waals surface area contributed by atoms with Crippen molar-refractivity contribution in [2.45, 2.75) is 38.1 Å². The fourth-order valence-corrected chi connectivity index (χ4v) is 1.88. The molecule has 1 saturated carbocycles. The van der Waals surface area contributed by atoms with Gasteiger partial charge in [0.05, 0.1) is 6.61 Å². The maximum absolute atomic E-state index is 11.2. The second-order valence-corrected chi connectivity index (χ2v) is 4.29. The van der Waals surface area contributed by atoms with Gasteiger partial charge in [0.15, 0.2) is 0 Å². The van der Waals surface area contributed by atoms with E-state index in [2.05, 4.69) is 12.6 Å². The molecule has 0 saturated heterocycles. The molecule has 14 heavy (non-hydrogen) atoms. The lowest BCUT2D eigenvalue weighted by Gasteiger charge is -2.21. The first-order chi connectivity index (χ1) is 6.74. The van der Waals surface area contributed by atoms with Crippen LogP contribution in [0.1, 0.15) is 32.1 Å². The standard InChI is InChI=1S/C10H19NO2S/c11-9(7-14)10(12)13-6-8-4-2-1-3-5-8/h8-9,14H,1-7,11H2/t9-/m1/s1. The summed E-state index contributed by atoms with van der Waals surface area (Å²) in [7, 11) is 0. The van der Waals surface area contributed by atoms with Crippen LogP contribution in [0.3, 0.4) is 0 Å². The molecule has 3 nitrogen and oxygen atoms in total. The third kappa shape index (κ3) is 3.88. The Hall–Kier alpha value is -0.220. The Morgan fingerprint density at radius 2 is 2.07 bits per heavy atom. The summed E-state index contributed by atoms with van der Waals surface area (Å²) in [5.74, 6) is 0.592. The van der Waals surface area contributed by atoms with Crippen LogP contribution < -0.4 is 5.73 Å². The highest BCUT2D eigenvalue weighted by atomic mass is 32.1. The average molecular weight is 217 g/mol. The number of esters is 1. The van der Waals surface area contributed by atoms with Gasteiger partial charge in [-0.2, -0.15) is 12.6 Å². The van der Waals surface area contributed by atoms with Crippen molar-refractivity contribution in [3.05, 3.63) is 0 Å². The lowest BCUT2D eigenvalue weighted by atomic mass is 9.90. The van der Waals surface area contributed by atoms with E-state index in [0.29, 0.717) is 18.3 Å². The number of thiol groups is 1. The van der Waals surface area contributed by atoms with E-state index in [0.717, 1.165) is 0 Å². The molecule has 1 rings (SSSR count). The second kappa shape index (κ2) is 6.30. The van der Waals surface area contributed by atoms with Gasteiger partial charge in [0, 0.05) is 5.75 Å². The first kappa shape index (κ1) is 11.9. The second-order valence-electron chi connectivity index (χ2n) is 3.92. The van der Waals surface area contributed by atoms with Crippen LogP contribution in [0, 0.1) is 5.92 Å². The molecule has 1 fully saturated rings. The smallest absolute Gasteiger partial charge is 0.323 e. The van der Waals surface area contributed by atoms with Gasteiger partial charge >= 0.3 is 5.97 Å². The highest BCUT2D eigenvalue weighted by Gasteiger charge is 2.18. The van der Waals surface area contributed by atoms with Gasteiger partial charge in [0.25, 0.3) is 0 Å². The van der Waals surface area contributed by atoms with Gasteiger partial charge in [-0.15, -0.1) is 0 Å². The fraction of sp³-hybridized carbons (Fsp3) is 0.900. The first-order valence-electron chi connectivity index (χ1n) is 5.27. The van der Waals surface area contributed by atoms with Gasteiger partial charge in [0.1, 0.15) is 6.04 Å². The van der Waals surface area contributed by atoms with E-state index >= 15 is 0 Å². The maximum Gasteiger partial charge on any atom is 0.323 e. The van der Waals surface area contributed by atoms with E-state index in [1.807, 2.05) is 0 Å². The number of nitrogens with two attached hydrogens (primary N) is 1. The lowest BCUT2D eigenvalue weighted by molar-refractivity contribution is -0.146. The van der Waals surface area contributed by atoms with Crippen LogP contribution in [0.4, 0.5) is 0 Å². The minimum absolute atomic E-state index is 0.314. The minimum Gasteiger partial charge on any atom is -0.464 e. The van der Waals surface area contributed by atoms with Crippen molar-refractivity contribution < 1.29 is 9.53 Å². The van der Waals surface area contributed by atoms with Crippen LogP contribution in [0.25, 0.3) is 0 Å². The van der Waals surface area contributed by atoms with Gasteiger partial charge in [-0.1, -0.05) is 19.3 Å². The highest BCUT2D eigenvalue weighted by Crippen LogP contribution is 2.23. The molecule has 4 heteroatoms. The summed E-state index contributed by atoms with van der Waals surface area (Å²) in [6.45, 7) is 0.542. The third-order valence-electron chi connectivity index (χ3n) is 2.69. The number of hydrogen-bond acceptors (Lipinski definition) is 4. The quantitative estimate of drug-likeness (QED) is 0.552. The topological polar surface area (TPSA) is 52.3 Å². The molecule has 0 heterocycles. The van der Waals surface area contributed by atoms with Crippen LogP contribution in [-0.4, -0.2) is 24.4 Å². The van der Waals surface area contributed by atoms with Crippen molar-refractivity contribution in [3.63, 3.8) is 0 Å². The molecule has 82 valence electrons. The Morgan fingerprint density at radius 3 is 2.64 bits per heavy atom. The zero-order chi connectivity index (χ0) is 10.4. The van der Waals surface area contributed by atoms with E-state index in [4.69, 9.17) is 10.5 Å². The summed E-state index contributed by atoms with van der Waals surface area (Å²) in [6, 6.07) is -0.568. The van der Waals surface area contributed by atoms with Gasteiger partial charge < -0.3 is 10.5 Å². The first-order valence-corrected chi connectivity index (χ1v) is 5.90. The highest BCUT2D eigenvalue weighted by molar-refractivity contribution is 7.80. The van der Waals surface area contributed by atoms with Crippen LogP contribution in [0.2, 0.25) is 0 Å². The summed E-state index contributed by atoms with van der Waals surface area (Å²) >= 11 is 3.95. The van der Waals surface area contributed by atoms with Crippen LogP contribution >= 0.6 is 12.6 Å². The molecule has 0 amide bonds. The Kier molecular flexibility index (Phi) is 5.33. The molecule has 2 N–H and O–H groups in total. The molecule has 1 aliphatic rings. The normalized spacial score (nSPS) is 20.4. The molecule has 0 aliphatic heterocycles. The molecule has 1 atom stereocenters. The van der Waals surface area contributed by atoms with Crippen molar-refractivity contribution in [2.24, 2.45) is 11.7 Å². The SMILES string of the molecule is N[C@H](CS)C(=O)OCC1CCCCC1. The van der Waals surface area contributed by atoms with Gasteiger partial charge in [-0.3, -0.25) is 4.79 Å². The third-order valence-corrected chi connectivity index (χ3v) is 3.08. The zero-order valence-electron chi connectivity index (χ0n) is 8.45. The van der Waals surface area contributed by atoms with E-state index in [1.165, 1.54) is 32.1 Å². The van der Waals surface area contributed by atoms with E-state index < -0.39 is 6.04 Å². The Bertz CT molecular complexity index is 181. The fourth-order valence-electron chi connectivity index (χ4n) is 1.74. The summed E-state index contributed by atoms with van der Waals surface area (Å²) in [5.41, 5.74) is 5.48. The molecule has 0 unspecified atom stereocenters.